The summed E-state index contributed by atoms with van der Waals surface area (Å²) < 4.78 is 0. The van der Waals surface area contributed by atoms with E-state index in [1.54, 1.807) is 0 Å². The molecule has 4 heteroatoms. The van der Waals surface area contributed by atoms with Crippen molar-refractivity contribution in [3.63, 3.8) is 0 Å². The van der Waals surface area contributed by atoms with Crippen LogP contribution < -0.4 is 0 Å². The fourth-order valence-corrected chi connectivity index (χ4v) is 6.58. The molecule has 110 valence electrons. The zero-order valence-corrected chi connectivity index (χ0v) is 15.5. The molecule has 0 bridgehead atoms. The topological polar surface area (TPSA) is 0 Å². The van der Waals surface area contributed by atoms with Gasteiger partial charge in [0.25, 0.3) is 0 Å². The summed E-state index contributed by atoms with van der Waals surface area (Å²) >= 11 is 7.48. The molecule has 4 aromatic rings. The van der Waals surface area contributed by atoms with Crippen LogP contribution in [0.25, 0.3) is 30.6 Å². The van der Waals surface area contributed by atoms with Crippen LogP contribution in [-0.2, 0) is 0 Å². The summed E-state index contributed by atoms with van der Waals surface area (Å²) in [6.45, 7) is 4.43. The van der Waals surface area contributed by atoms with Crippen molar-refractivity contribution >= 4 is 45.3 Å². The van der Waals surface area contributed by atoms with Crippen LogP contribution in [0, 0.1) is 13.8 Å². The molecule has 0 unspecified atom stereocenters. The summed E-state index contributed by atoms with van der Waals surface area (Å²) in [5.41, 5.74) is 2.84. The quantitative estimate of drug-likeness (QED) is 0.354. The average molecular weight is 359 g/mol. The fraction of sp³-hybridized carbons (Fsp3) is 0.111. The van der Waals surface area contributed by atoms with Crippen LogP contribution in [0.1, 0.15) is 9.75 Å². The minimum absolute atomic E-state index is 1.37. The Bertz CT molecular complexity index is 889. The van der Waals surface area contributed by atoms with Gasteiger partial charge in [0.15, 0.2) is 0 Å². The summed E-state index contributed by atoms with van der Waals surface area (Å²) in [5, 5.41) is 4.33. The summed E-state index contributed by atoms with van der Waals surface area (Å²) in [4.78, 5) is 8.32. The number of hydrogen-bond donors (Lipinski definition) is 0. The lowest BCUT2D eigenvalue weighted by molar-refractivity contribution is 1.62. The van der Waals surface area contributed by atoms with Crippen LogP contribution >= 0.6 is 45.3 Å². The van der Waals surface area contributed by atoms with Gasteiger partial charge in [-0.15, -0.1) is 45.3 Å². The first kappa shape index (κ1) is 14.4. The van der Waals surface area contributed by atoms with Crippen molar-refractivity contribution in [3.8, 4) is 30.6 Å². The molecular formula is C18H14S4. The van der Waals surface area contributed by atoms with E-state index in [2.05, 4.69) is 61.0 Å². The summed E-state index contributed by atoms with van der Waals surface area (Å²) in [6, 6.07) is 13.3. The molecule has 0 saturated heterocycles. The van der Waals surface area contributed by atoms with E-state index in [0.29, 0.717) is 0 Å². The third kappa shape index (κ3) is 2.40. The van der Waals surface area contributed by atoms with Gasteiger partial charge in [-0.25, -0.2) is 0 Å². The molecule has 0 N–H and O–H groups in total. The Morgan fingerprint density at radius 3 is 2.00 bits per heavy atom. The van der Waals surface area contributed by atoms with Gasteiger partial charge >= 0.3 is 0 Å². The van der Waals surface area contributed by atoms with Crippen LogP contribution in [-0.4, -0.2) is 0 Å². The van der Waals surface area contributed by atoms with Crippen molar-refractivity contribution in [3.05, 3.63) is 56.9 Å². The zero-order chi connectivity index (χ0) is 15.1. The maximum atomic E-state index is 2.27. The van der Waals surface area contributed by atoms with Crippen LogP contribution in [0.15, 0.2) is 47.2 Å². The molecule has 0 spiro atoms. The lowest BCUT2D eigenvalue weighted by Crippen LogP contribution is -1.78. The first-order chi connectivity index (χ1) is 10.7. The van der Waals surface area contributed by atoms with Gasteiger partial charge in [0.05, 0.1) is 4.88 Å². The maximum Gasteiger partial charge on any atom is 0.0538 e. The van der Waals surface area contributed by atoms with Crippen molar-refractivity contribution in [1.82, 2.24) is 0 Å². The first-order valence-corrected chi connectivity index (χ1v) is 10.4. The van der Waals surface area contributed by atoms with Crippen molar-refractivity contribution in [2.45, 2.75) is 13.8 Å². The fourth-order valence-electron chi connectivity index (χ4n) is 2.65. The monoisotopic (exact) mass is 358 g/mol. The zero-order valence-electron chi connectivity index (χ0n) is 12.3. The van der Waals surface area contributed by atoms with Gasteiger partial charge in [0, 0.05) is 35.5 Å². The minimum atomic E-state index is 1.37. The van der Waals surface area contributed by atoms with Gasteiger partial charge < -0.3 is 0 Å². The highest BCUT2D eigenvalue weighted by atomic mass is 32.1. The summed E-state index contributed by atoms with van der Waals surface area (Å²) in [6.07, 6.45) is 0. The Labute approximate surface area is 146 Å². The molecule has 0 amide bonds. The SMILES string of the molecule is Cc1ccc(-c2c(C)sc(-c3cccs3)c2-c2cccs2)s1. The van der Waals surface area contributed by atoms with E-state index in [1.807, 2.05) is 45.3 Å². The highest BCUT2D eigenvalue weighted by Crippen LogP contribution is 2.50. The maximum absolute atomic E-state index is 2.27. The largest absolute Gasteiger partial charge is 0.144 e. The molecule has 0 aromatic carbocycles. The second-order valence-corrected chi connectivity index (χ2v) is 9.51. The lowest BCUT2D eigenvalue weighted by atomic mass is 10.0. The Hall–Kier alpha value is -1.20. The highest BCUT2D eigenvalue weighted by Gasteiger charge is 2.21. The Balaban J connectivity index is 2.02. The predicted octanol–water partition coefficient (Wildman–Crippen LogP) is 7.55. The van der Waals surface area contributed by atoms with Crippen LogP contribution in [0.3, 0.4) is 0 Å². The molecule has 22 heavy (non-hydrogen) atoms. The Morgan fingerprint density at radius 1 is 0.682 bits per heavy atom. The van der Waals surface area contributed by atoms with Gasteiger partial charge in [-0.1, -0.05) is 12.1 Å². The highest BCUT2D eigenvalue weighted by molar-refractivity contribution is 7.23. The van der Waals surface area contributed by atoms with E-state index in [9.17, 15) is 0 Å². The predicted molar refractivity (Wildman–Crippen MR) is 104 cm³/mol. The van der Waals surface area contributed by atoms with Crippen LogP contribution in [0.5, 0.6) is 0 Å². The van der Waals surface area contributed by atoms with Crippen molar-refractivity contribution < 1.29 is 0 Å². The molecule has 0 aliphatic carbocycles. The molecule has 0 fully saturated rings. The third-order valence-electron chi connectivity index (χ3n) is 3.58. The molecule has 0 aliphatic rings. The summed E-state index contributed by atoms with van der Waals surface area (Å²) in [5.74, 6) is 0. The molecule has 0 atom stereocenters. The molecule has 4 aromatic heterocycles. The van der Waals surface area contributed by atoms with E-state index in [1.165, 1.54) is 40.4 Å². The Morgan fingerprint density at radius 2 is 1.41 bits per heavy atom. The lowest BCUT2D eigenvalue weighted by Gasteiger charge is -2.04. The molecule has 4 rings (SSSR count). The second kappa shape index (κ2) is 5.78. The second-order valence-electron chi connectivity index (χ2n) is 5.10. The van der Waals surface area contributed by atoms with Crippen molar-refractivity contribution in [1.29, 1.82) is 0 Å². The smallest absolute Gasteiger partial charge is 0.0538 e. The van der Waals surface area contributed by atoms with Crippen LogP contribution in [0.2, 0.25) is 0 Å². The molecule has 0 radical (unpaired) electrons. The minimum Gasteiger partial charge on any atom is -0.144 e. The molecule has 0 nitrogen and oxygen atoms in total. The van der Waals surface area contributed by atoms with Crippen molar-refractivity contribution in [2.75, 3.05) is 0 Å². The summed E-state index contributed by atoms with van der Waals surface area (Å²) in [7, 11) is 0. The first-order valence-electron chi connectivity index (χ1n) is 7.02. The van der Waals surface area contributed by atoms with Crippen molar-refractivity contribution in [2.24, 2.45) is 0 Å². The van der Waals surface area contributed by atoms with Gasteiger partial charge in [-0.05, 0) is 48.9 Å². The van der Waals surface area contributed by atoms with Gasteiger partial charge in [0.1, 0.15) is 0 Å². The number of thiophene rings is 4. The molecular weight excluding hydrogens is 344 g/mol. The normalized spacial score (nSPS) is 11.2. The van der Waals surface area contributed by atoms with E-state index in [-0.39, 0.29) is 0 Å². The van der Waals surface area contributed by atoms with E-state index < -0.39 is 0 Å². The Kier molecular flexibility index (Phi) is 3.78. The van der Waals surface area contributed by atoms with Gasteiger partial charge in [0.2, 0.25) is 0 Å². The van der Waals surface area contributed by atoms with E-state index >= 15 is 0 Å². The third-order valence-corrected chi connectivity index (χ3v) is 7.64. The van der Waals surface area contributed by atoms with E-state index in [4.69, 9.17) is 0 Å². The molecule has 0 aliphatic heterocycles. The number of hydrogen-bond acceptors (Lipinski definition) is 4. The number of rotatable bonds is 3. The molecule has 0 saturated carbocycles. The van der Waals surface area contributed by atoms with E-state index in [0.717, 1.165) is 0 Å². The number of aryl methyl sites for hydroxylation is 2. The standard InChI is InChI=1S/C18H14S4/c1-11-7-8-14(21-11)16-12(2)22-18(15-6-4-10-20-15)17(16)13-5-3-9-19-13/h3-10H,1-2H3. The van der Waals surface area contributed by atoms with Crippen LogP contribution in [0.4, 0.5) is 0 Å². The van der Waals surface area contributed by atoms with Gasteiger partial charge in [-0.2, -0.15) is 0 Å². The average Bonchev–Trinajstić information content (AvgIpc) is 3.25. The molecule has 4 heterocycles. The van der Waals surface area contributed by atoms with Gasteiger partial charge in [-0.3, -0.25) is 0 Å².